The Labute approximate surface area is 183 Å². The van der Waals surface area contributed by atoms with Crippen LogP contribution in [0, 0.1) is 5.82 Å². The molecule has 1 fully saturated rings. The van der Waals surface area contributed by atoms with Crippen LogP contribution in [-0.4, -0.2) is 39.4 Å². The van der Waals surface area contributed by atoms with Crippen molar-refractivity contribution in [2.24, 2.45) is 5.73 Å². The lowest BCUT2D eigenvalue weighted by Crippen LogP contribution is -2.55. The molecule has 4 rings (SSSR count). The number of rotatable bonds is 7. The summed E-state index contributed by atoms with van der Waals surface area (Å²) in [6, 6.07) is 9.13. The van der Waals surface area contributed by atoms with Crippen LogP contribution in [0.15, 0.2) is 51.8 Å². The Hall–Kier alpha value is -3.60. The Morgan fingerprint density at radius 1 is 1.28 bits per heavy atom. The van der Waals surface area contributed by atoms with Gasteiger partial charge >= 0.3 is 5.91 Å². The van der Waals surface area contributed by atoms with Crippen LogP contribution in [-0.2, 0) is 14.8 Å². The number of carbonyl (C=O) groups is 2. The predicted octanol–water partition coefficient (Wildman–Crippen LogP) is 2.15. The van der Waals surface area contributed by atoms with Gasteiger partial charge in [-0.15, -0.1) is 0 Å². The molecule has 1 saturated heterocycles. The molecule has 1 aliphatic heterocycles. The SMILES string of the molecule is CCOc1ccccc1S(=O)(=O)NC(=O)c1cc2c(F)cc(N3CC[C@@H]3C(N)=O)cc2o1. The van der Waals surface area contributed by atoms with Crippen molar-refractivity contribution in [1.29, 1.82) is 0 Å². The summed E-state index contributed by atoms with van der Waals surface area (Å²) < 4.78 is 52.7. The van der Waals surface area contributed by atoms with Crippen LogP contribution in [0.1, 0.15) is 23.9 Å². The molecule has 0 unspecified atom stereocenters. The van der Waals surface area contributed by atoms with Gasteiger partial charge in [-0.05, 0) is 31.5 Å². The van der Waals surface area contributed by atoms with Gasteiger partial charge in [-0.2, -0.15) is 0 Å². The third kappa shape index (κ3) is 3.86. The number of nitrogens with one attached hydrogen (secondary N) is 1. The molecule has 0 spiro atoms. The number of sulfonamides is 1. The molecule has 168 valence electrons. The number of nitrogens with two attached hydrogens (primary N) is 1. The lowest BCUT2D eigenvalue weighted by atomic mass is 10.0. The molecule has 0 bridgehead atoms. The number of hydrogen-bond acceptors (Lipinski definition) is 7. The molecule has 3 aromatic rings. The minimum Gasteiger partial charge on any atom is -0.492 e. The van der Waals surface area contributed by atoms with E-state index in [0.29, 0.717) is 18.7 Å². The molecule has 2 heterocycles. The molecule has 0 aliphatic carbocycles. The van der Waals surface area contributed by atoms with Crippen LogP contribution in [0.25, 0.3) is 11.0 Å². The number of para-hydroxylation sites is 1. The van der Waals surface area contributed by atoms with Gasteiger partial charge in [-0.25, -0.2) is 17.5 Å². The number of hydrogen-bond donors (Lipinski definition) is 2. The molecule has 1 aliphatic rings. The van der Waals surface area contributed by atoms with Crippen LogP contribution in [0.2, 0.25) is 0 Å². The van der Waals surface area contributed by atoms with E-state index >= 15 is 0 Å². The average Bonchev–Trinajstić information content (AvgIpc) is 3.12. The molecular weight excluding hydrogens is 441 g/mol. The number of benzene rings is 2. The fraction of sp³-hybridized carbons (Fsp3) is 0.238. The maximum atomic E-state index is 14.6. The Morgan fingerprint density at radius 2 is 2.03 bits per heavy atom. The Morgan fingerprint density at radius 3 is 2.69 bits per heavy atom. The third-order valence-corrected chi connectivity index (χ3v) is 6.51. The second-order valence-corrected chi connectivity index (χ2v) is 8.82. The van der Waals surface area contributed by atoms with Crippen molar-refractivity contribution in [2.45, 2.75) is 24.3 Å². The summed E-state index contributed by atoms with van der Waals surface area (Å²) in [5.41, 5.74) is 5.75. The highest BCUT2D eigenvalue weighted by molar-refractivity contribution is 7.90. The summed E-state index contributed by atoms with van der Waals surface area (Å²) in [4.78, 5) is 25.5. The van der Waals surface area contributed by atoms with Gasteiger partial charge < -0.3 is 19.8 Å². The predicted molar refractivity (Wildman–Crippen MR) is 113 cm³/mol. The maximum absolute atomic E-state index is 14.6. The van der Waals surface area contributed by atoms with Crippen LogP contribution in [0.5, 0.6) is 5.75 Å². The number of furan rings is 1. The molecule has 0 saturated carbocycles. The molecular formula is C21H20FN3O6S. The second kappa shape index (κ2) is 8.15. The number of primary amides is 1. The van der Waals surface area contributed by atoms with E-state index in [1.807, 2.05) is 4.72 Å². The standard InChI is InChI=1S/C21H20FN3O6S/c1-2-30-16-5-3-4-6-19(16)32(28,29)24-21(27)18-11-13-14(22)9-12(10-17(13)31-18)25-8-7-15(25)20(23)26/h3-6,9-11,15H,2,7-8H2,1H3,(H2,23,26)(H,24,27)/t15-/m1/s1. The van der Waals surface area contributed by atoms with Gasteiger partial charge in [-0.1, -0.05) is 12.1 Å². The van der Waals surface area contributed by atoms with Crippen molar-refractivity contribution < 1.29 is 31.6 Å². The quantitative estimate of drug-likeness (QED) is 0.551. The third-order valence-electron chi connectivity index (χ3n) is 5.14. The molecule has 11 heteroatoms. The highest BCUT2D eigenvalue weighted by Crippen LogP contribution is 2.33. The van der Waals surface area contributed by atoms with E-state index < -0.39 is 33.7 Å². The van der Waals surface area contributed by atoms with Crippen molar-refractivity contribution in [3.63, 3.8) is 0 Å². The second-order valence-electron chi connectivity index (χ2n) is 7.16. The highest BCUT2D eigenvalue weighted by Gasteiger charge is 2.33. The van der Waals surface area contributed by atoms with Gasteiger partial charge in [0.05, 0.1) is 12.0 Å². The first-order valence-electron chi connectivity index (χ1n) is 9.79. The normalized spacial score (nSPS) is 15.9. The topological polar surface area (TPSA) is 132 Å². The maximum Gasteiger partial charge on any atom is 0.300 e. The smallest absolute Gasteiger partial charge is 0.300 e. The highest BCUT2D eigenvalue weighted by atomic mass is 32.2. The zero-order valence-corrected chi connectivity index (χ0v) is 17.8. The van der Waals surface area contributed by atoms with Crippen LogP contribution >= 0.6 is 0 Å². The summed E-state index contributed by atoms with van der Waals surface area (Å²) in [6.07, 6.45) is 0.557. The monoisotopic (exact) mass is 461 g/mol. The number of halogens is 1. The Kier molecular flexibility index (Phi) is 5.51. The number of nitrogens with zero attached hydrogens (tertiary/aromatic N) is 1. The van der Waals surface area contributed by atoms with Gasteiger partial charge in [0.15, 0.2) is 5.76 Å². The van der Waals surface area contributed by atoms with Gasteiger partial charge in [0.1, 0.15) is 28.1 Å². The zero-order chi connectivity index (χ0) is 23.0. The lowest BCUT2D eigenvalue weighted by Gasteiger charge is -2.40. The van der Waals surface area contributed by atoms with Gasteiger partial charge in [-0.3, -0.25) is 9.59 Å². The lowest BCUT2D eigenvalue weighted by molar-refractivity contribution is -0.120. The molecule has 9 nitrogen and oxygen atoms in total. The van der Waals surface area contributed by atoms with Crippen molar-refractivity contribution >= 4 is 38.5 Å². The molecule has 2 aromatic carbocycles. The molecule has 1 atom stereocenters. The number of amides is 2. The zero-order valence-electron chi connectivity index (χ0n) is 17.0. The number of ether oxygens (including phenoxy) is 1. The summed E-state index contributed by atoms with van der Waals surface area (Å²) in [5.74, 6) is -2.56. The number of fused-ring (bicyclic) bond motifs is 1. The molecule has 1 aromatic heterocycles. The van der Waals surface area contributed by atoms with Crippen LogP contribution in [0.4, 0.5) is 10.1 Å². The first kappa shape index (κ1) is 21.6. The molecule has 3 N–H and O–H groups in total. The largest absolute Gasteiger partial charge is 0.492 e. The van der Waals surface area contributed by atoms with E-state index in [9.17, 15) is 22.4 Å². The minimum atomic E-state index is -4.28. The molecule has 32 heavy (non-hydrogen) atoms. The molecule has 0 radical (unpaired) electrons. The summed E-state index contributed by atoms with van der Waals surface area (Å²) in [7, 11) is -4.28. The van der Waals surface area contributed by atoms with Crippen molar-refractivity contribution in [1.82, 2.24) is 4.72 Å². The number of anilines is 1. The Balaban J connectivity index is 1.62. The molecule has 2 amide bonds. The van der Waals surface area contributed by atoms with Gasteiger partial charge in [0, 0.05) is 24.4 Å². The minimum absolute atomic E-state index is 0.00200. The average molecular weight is 461 g/mol. The fourth-order valence-electron chi connectivity index (χ4n) is 3.53. The summed E-state index contributed by atoms with van der Waals surface area (Å²) in [5, 5.41) is 0.00200. The Bertz CT molecular complexity index is 1320. The van der Waals surface area contributed by atoms with Gasteiger partial charge in [0.25, 0.3) is 10.0 Å². The van der Waals surface area contributed by atoms with Gasteiger partial charge in [0.2, 0.25) is 5.91 Å². The van der Waals surface area contributed by atoms with E-state index in [1.54, 1.807) is 17.9 Å². The van der Waals surface area contributed by atoms with Crippen molar-refractivity contribution in [3.8, 4) is 5.75 Å². The van der Waals surface area contributed by atoms with E-state index in [0.717, 1.165) is 6.07 Å². The van der Waals surface area contributed by atoms with Crippen LogP contribution in [0.3, 0.4) is 0 Å². The first-order valence-corrected chi connectivity index (χ1v) is 11.3. The van der Waals surface area contributed by atoms with E-state index in [1.165, 1.54) is 30.3 Å². The van der Waals surface area contributed by atoms with Crippen molar-refractivity contribution in [2.75, 3.05) is 18.1 Å². The first-order chi connectivity index (χ1) is 15.2. The van der Waals surface area contributed by atoms with E-state index in [-0.39, 0.29) is 34.0 Å². The van der Waals surface area contributed by atoms with E-state index in [4.69, 9.17) is 14.9 Å². The van der Waals surface area contributed by atoms with E-state index in [2.05, 4.69) is 0 Å². The number of carbonyl (C=O) groups excluding carboxylic acids is 2. The summed E-state index contributed by atoms with van der Waals surface area (Å²) >= 11 is 0. The fourth-order valence-corrected chi connectivity index (χ4v) is 4.63. The summed E-state index contributed by atoms with van der Waals surface area (Å²) in [6.45, 7) is 2.45. The van der Waals surface area contributed by atoms with Crippen LogP contribution < -0.4 is 20.1 Å². The van der Waals surface area contributed by atoms with Crippen molar-refractivity contribution in [3.05, 3.63) is 54.0 Å².